The van der Waals surface area contributed by atoms with Gasteiger partial charge in [-0.25, -0.2) is 0 Å². The number of carbonyl (C=O) groups excluding carboxylic acids is 1. The van der Waals surface area contributed by atoms with E-state index in [-0.39, 0.29) is 5.78 Å². The Morgan fingerprint density at radius 1 is 1.21 bits per heavy atom. The van der Waals surface area contributed by atoms with Crippen LogP contribution in [-0.2, 0) is 0 Å². The second kappa shape index (κ2) is 7.95. The Balaban J connectivity index is 2.81. The van der Waals surface area contributed by atoms with E-state index in [2.05, 4.69) is 18.7 Å². The van der Waals surface area contributed by atoms with Gasteiger partial charge in [0.05, 0.1) is 19.2 Å². The highest BCUT2D eigenvalue weighted by Gasteiger charge is 2.15. The highest BCUT2D eigenvalue weighted by atomic mass is 16.5. The lowest BCUT2D eigenvalue weighted by Crippen LogP contribution is -2.31. The number of ketones is 1. The van der Waals surface area contributed by atoms with Gasteiger partial charge < -0.3 is 4.74 Å². The molecule has 3 nitrogen and oxygen atoms in total. The van der Waals surface area contributed by atoms with E-state index in [9.17, 15) is 4.79 Å². The van der Waals surface area contributed by atoms with Crippen molar-refractivity contribution in [2.24, 2.45) is 0 Å². The fourth-order valence-electron chi connectivity index (χ4n) is 2.22. The summed E-state index contributed by atoms with van der Waals surface area (Å²) in [5, 5.41) is 0. The van der Waals surface area contributed by atoms with Crippen molar-refractivity contribution in [1.82, 2.24) is 4.90 Å². The first kappa shape index (κ1) is 15.7. The summed E-state index contributed by atoms with van der Waals surface area (Å²) >= 11 is 0. The lowest BCUT2D eigenvalue weighted by atomic mass is 10.1. The SMILES string of the molecule is CCCN(CCC)CC(=O)c1ccc(C)cc1OC. The van der Waals surface area contributed by atoms with Gasteiger partial charge in [-0.05, 0) is 50.6 Å². The summed E-state index contributed by atoms with van der Waals surface area (Å²) in [6.45, 7) is 8.68. The van der Waals surface area contributed by atoms with Gasteiger partial charge in [0, 0.05) is 0 Å². The zero-order valence-corrected chi connectivity index (χ0v) is 12.5. The number of benzene rings is 1. The molecule has 3 heteroatoms. The third-order valence-corrected chi connectivity index (χ3v) is 3.10. The smallest absolute Gasteiger partial charge is 0.180 e. The molecule has 1 rings (SSSR count). The molecule has 0 N–H and O–H groups in total. The first-order valence-electron chi connectivity index (χ1n) is 7.02. The van der Waals surface area contributed by atoms with Crippen LogP contribution >= 0.6 is 0 Å². The summed E-state index contributed by atoms with van der Waals surface area (Å²) in [6, 6.07) is 5.74. The van der Waals surface area contributed by atoms with E-state index < -0.39 is 0 Å². The summed E-state index contributed by atoms with van der Waals surface area (Å²) in [6.07, 6.45) is 2.14. The average Bonchev–Trinajstić information content (AvgIpc) is 2.38. The fraction of sp³-hybridized carbons (Fsp3) is 0.562. The molecule has 0 heterocycles. The molecule has 0 amide bonds. The Morgan fingerprint density at radius 3 is 2.37 bits per heavy atom. The van der Waals surface area contributed by atoms with Crippen molar-refractivity contribution in [3.05, 3.63) is 29.3 Å². The minimum absolute atomic E-state index is 0.138. The van der Waals surface area contributed by atoms with E-state index in [4.69, 9.17) is 4.74 Å². The van der Waals surface area contributed by atoms with Gasteiger partial charge in [0.1, 0.15) is 5.75 Å². The third-order valence-electron chi connectivity index (χ3n) is 3.10. The van der Waals surface area contributed by atoms with E-state index in [0.717, 1.165) is 31.5 Å². The van der Waals surface area contributed by atoms with Gasteiger partial charge >= 0.3 is 0 Å². The average molecular weight is 263 g/mol. The maximum Gasteiger partial charge on any atom is 0.180 e. The molecule has 0 aromatic heterocycles. The molecule has 0 spiro atoms. The molecular formula is C16H25NO2. The molecule has 0 aliphatic heterocycles. The first-order chi connectivity index (χ1) is 9.12. The molecule has 1 aromatic carbocycles. The summed E-state index contributed by atoms with van der Waals surface area (Å²) in [5.41, 5.74) is 1.79. The lowest BCUT2D eigenvalue weighted by Gasteiger charge is -2.20. The van der Waals surface area contributed by atoms with Crippen LogP contribution in [0, 0.1) is 6.92 Å². The molecule has 0 fully saturated rings. The monoisotopic (exact) mass is 263 g/mol. The zero-order valence-electron chi connectivity index (χ0n) is 12.5. The maximum absolute atomic E-state index is 12.4. The van der Waals surface area contributed by atoms with Gasteiger partial charge in [-0.2, -0.15) is 0 Å². The third kappa shape index (κ3) is 4.67. The van der Waals surface area contributed by atoms with Crippen LogP contribution in [0.4, 0.5) is 0 Å². The number of methoxy groups -OCH3 is 1. The number of Topliss-reactive ketones (excluding diaryl/α,β-unsaturated/α-hetero) is 1. The molecule has 0 atom stereocenters. The Labute approximate surface area is 116 Å². The Morgan fingerprint density at radius 2 is 1.84 bits per heavy atom. The van der Waals surface area contributed by atoms with Gasteiger partial charge in [0.2, 0.25) is 0 Å². The molecule has 0 aliphatic carbocycles. The van der Waals surface area contributed by atoms with Crippen LogP contribution in [0.5, 0.6) is 5.75 Å². The van der Waals surface area contributed by atoms with Crippen LogP contribution in [0.25, 0.3) is 0 Å². The van der Waals surface area contributed by atoms with E-state index in [1.54, 1.807) is 7.11 Å². The van der Waals surface area contributed by atoms with E-state index >= 15 is 0 Å². The van der Waals surface area contributed by atoms with E-state index in [0.29, 0.717) is 17.9 Å². The van der Waals surface area contributed by atoms with Crippen LogP contribution in [0.2, 0.25) is 0 Å². The normalized spacial score (nSPS) is 10.8. The molecular weight excluding hydrogens is 238 g/mol. The summed E-state index contributed by atoms with van der Waals surface area (Å²) < 4.78 is 5.31. The van der Waals surface area contributed by atoms with Gasteiger partial charge in [-0.1, -0.05) is 19.9 Å². The molecule has 1 aromatic rings. The van der Waals surface area contributed by atoms with Gasteiger partial charge in [0.15, 0.2) is 5.78 Å². The van der Waals surface area contributed by atoms with Crippen molar-refractivity contribution in [1.29, 1.82) is 0 Å². The summed E-state index contributed by atoms with van der Waals surface area (Å²) in [5.74, 6) is 0.816. The Bertz CT molecular complexity index is 409. The molecule has 0 aliphatic rings. The highest BCUT2D eigenvalue weighted by molar-refractivity contribution is 6.00. The molecule has 0 bridgehead atoms. The topological polar surface area (TPSA) is 29.5 Å². The summed E-state index contributed by atoms with van der Waals surface area (Å²) in [4.78, 5) is 14.6. The van der Waals surface area contributed by atoms with Crippen LogP contribution in [0.1, 0.15) is 42.6 Å². The van der Waals surface area contributed by atoms with Crippen molar-refractivity contribution in [3.63, 3.8) is 0 Å². The largest absolute Gasteiger partial charge is 0.496 e. The number of ether oxygens (including phenoxy) is 1. The lowest BCUT2D eigenvalue weighted by molar-refractivity contribution is 0.0927. The molecule has 0 radical (unpaired) electrons. The molecule has 106 valence electrons. The Kier molecular flexibility index (Phi) is 6.57. The van der Waals surface area contributed by atoms with Crippen molar-refractivity contribution in [2.45, 2.75) is 33.6 Å². The van der Waals surface area contributed by atoms with Crippen molar-refractivity contribution >= 4 is 5.78 Å². The van der Waals surface area contributed by atoms with Gasteiger partial charge in [-0.15, -0.1) is 0 Å². The number of nitrogens with zero attached hydrogens (tertiary/aromatic N) is 1. The molecule has 0 saturated carbocycles. The first-order valence-corrected chi connectivity index (χ1v) is 7.02. The fourth-order valence-corrected chi connectivity index (χ4v) is 2.22. The highest BCUT2D eigenvalue weighted by Crippen LogP contribution is 2.20. The number of carbonyl (C=O) groups is 1. The predicted molar refractivity (Wildman–Crippen MR) is 79.1 cm³/mol. The minimum atomic E-state index is 0.138. The van der Waals surface area contributed by atoms with Crippen molar-refractivity contribution in [2.75, 3.05) is 26.7 Å². The predicted octanol–water partition coefficient (Wildman–Crippen LogP) is 3.31. The quantitative estimate of drug-likeness (QED) is 0.674. The van der Waals surface area contributed by atoms with Gasteiger partial charge in [0.25, 0.3) is 0 Å². The molecule has 0 unspecified atom stereocenters. The van der Waals surface area contributed by atoms with Crippen molar-refractivity contribution in [3.8, 4) is 5.75 Å². The number of rotatable bonds is 8. The van der Waals surface area contributed by atoms with Gasteiger partial charge in [-0.3, -0.25) is 9.69 Å². The standard InChI is InChI=1S/C16H25NO2/c1-5-9-17(10-6-2)12-15(18)14-8-7-13(3)11-16(14)19-4/h7-8,11H,5-6,9-10,12H2,1-4H3. The number of aryl methyl sites for hydroxylation is 1. The second-order valence-electron chi connectivity index (χ2n) is 4.90. The Hall–Kier alpha value is -1.35. The minimum Gasteiger partial charge on any atom is -0.496 e. The maximum atomic E-state index is 12.4. The molecule has 0 saturated heterocycles. The van der Waals surface area contributed by atoms with Crippen LogP contribution in [0.15, 0.2) is 18.2 Å². The number of hydrogen-bond donors (Lipinski definition) is 0. The zero-order chi connectivity index (χ0) is 14.3. The molecule has 19 heavy (non-hydrogen) atoms. The van der Waals surface area contributed by atoms with Crippen LogP contribution < -0.4 is 4.74 Å². The second-order valence-corrected chi connectivity index (χ2v) is 4.90. The van der Waals surface area contributed by atoms with E-state index in [1.165, 1.54) is 0 Å². The van der Waals surface area contributed by atoms with Crippen molar-refractivity contribution < 1.29 is 9.53 Å². The number of hydrogen-bond acceptors (Lipinski definition) is 3. The van der Waals surface area contributed by atoms with E-state index in [1.807, 2.05) is 25.1 Å². The summed E-state index contributed by atoms with van der Waals surface area (Å²) in [7, 11) is 1.61. The van der Waals surface area contributed by atoms with Crippen LogP contribution in [0.3, 0.4) is 0 Å². The van der Waals surface area contributed by atoms with Crippen LogP contribution in [-0.4, -0.2) is 37.4 Å².